The molecule has 0 aliphatic carbocycles. The molecule has 2 rings (SSSR count). The van der Waals surface area contributed by atoms with Crippen molar-refractivity contribution in [3.05, 3.63) is 34.5 Å². The third-order valence-corrected chi connectivity index (χ3v) is 2.92. The quantitative estimate of drug-likeness (QED) is 0.787. The van der Waals surface area contributed by atoms with Gasteiger partial charge in [0.05, 0.1) is 6.54 Å². The minimum atomic E-state index is -0.0133. The van der Waals surface area contributed by atoms with E-state index >= 15 is 0 Å². The minimum Gasteiger partial charge on any atom is -0.317 e. The molecule has 0 saturated heterocycles. The fourth-order valence-electron chi connectivity index (χ4n) is 1.68. The lowest BCUT2D eigenvalue weighted by atomic mass is 10.4. The van der Waals surface area contributed by atoms with Gasteiger partial charge in [0.25, 0.3) is 0 Å². The molecule has 0 radical (unpaired) electrons. The van der Waals surface area contributed by atoms with Crippen molar-refractivity contribution < 1.29 is 0 Å². The third kappa shape index (κ3) is 2.02. The van der Waals surface area contributed by atoms with Crippen LogP contribution in [0.4, 0.5) is 0 Å². The molecule has 0 bridgehead atoms. The SMILES string of the molecule is Cc1nnc(Cn2ccn(C(C)C)c2=O)n1C. The van der Waals surface area contributed by atoms with Gasteiger partial charge in [0.15, 0.2) is 5.82 Å². The first-order valence-corrected chi connectivity index (χ1v) is 5.63. The average Bonchev–Trinajstić information content (AvgIpc) is 2.77. The van der Waals surface area contributed by atoms with Crippen molar-refractivity contribution in [3.63, 3.8) is 0 Å². The van der Waals surface area contributed by atoms with Gasteiger partial charge in [0.1, 0.15) is 5.82 Å². The molecule has 2 aromatic rings. The monoisotopic (exact) mass is 235 g/mol. The van der Waals surface area contributed by atoms with Gasteiger partial charge < -0.3 is 4.57 Å². The van der Waals surface area contributed by atoms with Crippen LogP contribution in [0.15, 0.2) is 17.2 Å². The maximum absolute atomic E-state index is 12.0. The molecule has 0 aliphatic rings. The molecule has 0 saturated carbocycles. The maximum Gasteiger partial charge on any atom is 0.328 e. The van der Waals surface area contributed by atoms with E-state index in [0.29, 0.717) is 6.54 Å². The summed E-state index contributed by atoms with van der Waals surface area (Å²) in [4.78, 5) is 12.0. The van der Waals surface area contributed by atoms with Gasteiger partial charge in [-0.2, -0.15) is 0 Å². The van der Waals surface area contributed by atoms with Gasteiger partial charge >= 0.3 is 5.69 Å². The second-order valence-electron chi connectivity index (χ2n) is 4.43. The highest BCUT2D eigenvalue weighted by Gasteiger charge is 2.10. The molecule has 0 unspecified atom stereocenters. The first-order chi connectivity index (χ1) is 8.00. The molecule has 2 heterocycles. The number of rotatable bonds is 3. The van der Waals surface area contributed by atoms with E-state index in [2.05, 4.69) is 10.2 Å². The van der Waals surface area contributed by atoms with E-state index in [0.717, 1.165) is 11.6 Å². The summed E-state index contributed by atoms with van der Waals surface area (Å²) >= 11 is 0. The number of aryl methyl sites for hydroxylation is 1. The van der Waals surface area contributed by atoms with Crippen LogP contribution in [0.2, 0.25) is 0 Å². The highest BCUT2D eigenvalue weighted by molar-refractivity contribution is 4.95. The minimum absolute atomic E-state index is 0.0133. The van der Waals surface area contributed by atoms with Crippen molar-refractivity contribution in [2.24, 2.45) is 7.05 Å². The van der Waals surface area contributed by atoms with Gasteiger partial charge in [-0.15, -0.1) is 10.2 Å². The number of nitrogens with zero attached hydrogens (tertiary/aromatic N) is 5. The smallest absolute Gasteiger partial charge is 0.317 e. The van der Waals surface area contributed by atoms with E-state index < -0.39 is 0 Å². The molecule has 6 nitrogen and oxygen atoms in total. The lowest BCUT2D eigenvalue weighted by Gasteiger charge is -2.05. The standard InChI is InChI=1S/C11H17N5O/c1-8(2)16-6-5-15(11(16)17)7-10-13-12-9(3)14(10)4/h5-6,8H,7H2,1-4H3. The Labute approximate surface area is 99.5 Å². The predicted octanol–water partition coefficient (Wildman–Crippen LogP) is 0.716. The Morgan fingerprint density at radius 1 is 1.29 bits per heavy atom. The third-order valence-electron chi connectivity index (χ3n) is 2.92. The summed E-state index contributed by atoms with van der Waals surface area (Å²) in [5.41, 5.74) is -0.0133. The zero-order valence-electron chi connectivity index (χ0n) is 10.6. The fraction of sp³-hybridized carbons (Fsp3) is 0.545. The second kappa shape index (κ2) is 4.20. The fourth-order valence-corrected chi connectivity index (χ4v) is 1.68. The maximum atomic E-state index is 12.0. The molecule has 0 fully saturated rings. The van der Waals surface area contributed by atoms with Crippen LogP contribution in [0, 0.1) is 6.92 Å². The largest absolute Gasteiger partial charge is 0.328 e. The summed E-state index contributed by atoms with van der Waals surface area (Å²) in [7, 11) is 1.90. The van der Waals surface area contributed by atoms with E-state index in [9.17, 15) is 4.79 Å². The van der Waals surface area contributed by atoms with Gasteiger partial charge in [-0.1, -0.05) is 0 Å². The molecular formula is C11H17N5O. The molecular weight excluding hydrogens is 218 g/mol. The Hall–Kier alpha value is -1.85. The first-order valence-electron chi connectivity index (χ1n) is 5.63. The summed E-state index contributed by atoms with van der Waals surface area (Å²) in [5.74, 6) is 1.63. The van der Waals surface area contributed by atoms with Crippen LogP contribution >= 0.6 is 0 Å². The highest BCUT2D eigenvalue weighted by atomic mass is 16.1. The van der Waals surface area contributed by atoms with Gasteiger partial charge in [-0.3, -0.25) is 9.13 Å². The molecule has 0 N–H and O–H groups in total. The van der Waals surface area contributed by atoms with Crippen LogP contribution in [0.1, 0.15) is 31.5 Å². The molecule has 0 atom stereocenters. The highest BCUT2D eigenvalue weighted by Crippen LogP contribution is 2.02. The van der Waals surface area contributed by atoms with Crippen molar-refractivity contribution in [3.8, 4) is 0 Å². The Morgan fingerprint density at radius 2 is 2.00 bits per heavy atom. The zero-order valence-corrected chi connectivity index (χ0v) is 10.6. The van der Waals surface area contributed by atoms with E-state index in [-0.39, 0.29) is 11.7 Å². The Bertz CT molecular complexity index is 575. The van der Waals surface area contributed by atoms with E-state index in [1.165, 1.54) is 0 Å². The van der Waals surface area contributed by atoms with Crippen LogP contribution in [-0.2, 0) is 13.6 Å². The molecule has 2 aromatic heterocycles. The summed E-state index contributed by atoms with van der Waals surface area (Å²) in [6.07, 6.45) is 3.59. The summed E-state index contributed by atoms with van der Waals surface area (Å²) in [6, 6.07) is 0.171. The topological polar surface area (TPSA) is 57.6 Å². The summed E-state index contributed by atoms with van der Waals surface area (Å²) in [5, 5.41) is 8.02. The Balaban J connectivity index is 2.31. The molecule has 0 amide bonds. The number of hydrogen-bond donors (Lipinski definition) is 0. The summed E-state index contributed by atoms with van der Waals surface area (Å²) in [6.45, 7) is 6.31. The number of hydrogen-bond acceptors (Lipinski definition) is 3. The molecule has 17 heavy (non-hydrogen) atoms. The molecule has 0 aliphatic heterocycles. The second-order valence-corrected chi connectivity index (χ2v) is 4.43. The number of imidazole rings is 1. The van der Waals surface area contributed by atoms with Gasteiger partial charge in [0, 0.05) is 25.5 Å². The zero-order chi connectivity index (χ0) is 12.6. The molecule has 92 valence electrons. The van der Waals surface area contributed by atoms with Crippen LogP contribution in [0.3, 0.4) is 0 Å². The lowest BCUT2D eigenvalue weighted by Crippen LogP contribution is -2.26. The molecule has 6 heteroatoms. The van der Waals surface area contributed by atoms with Crippen LogP contribution < -0.4 is 5.69 Å². The predicted molar refractivity (Wildman–Crippen MR) is 63.9 cm³/mol. The molecule has 0 aromatic carbocycles. The van der Waals surface area contributed by atoms with Crippen molar-refractivity contribution in [1.82, 2.24) is 23.9 Å². The first kappa shape index (κ1) is 11.6. The van der Waals surface area contributed by atoms with Crippen LogP contribution in [0.5, 0.6) is 0 Å². The Kier molecular flexibility index (Phi) is 2.87. The van der Waals surface area contributed by atoms with Crippen molar-refractivity contribution in [1.29, 1.82) is 0 Å². The van der Waals surface area contributed by atoms with Gasteiger partial charge in [-0.25, -0.2) is 4.79 Å². The normalized spacial score (nSPS) is 11.4. The summed E-state index contributed by atoms with van der Waals surface area (Å²) < 4.78 is 5.23. The van der Waals surface area contributed by atoms with Crippen molar-refractivity contribution in [2.45, 2.75) is 33.4 Å². The molecule has 0 spiro atoms. The van der Waals surface area contributed by atoms with E-state index in [1.54, 1.807) is 21.5 Å². The van der Waals surface area contributed by atoms with E-state index in [4.69, 9.17) is 0 Å². The van der Waals surface area contributed by atoms with E-state index in [1.807, 2.05) is 32.4 Å². The number of aromatic nitrogens is 5. The van der Waals surface area contributed by atoms with Crippen molar-refractivity contribution in [2.75, 3.05) is 0 Å². The van der Waals surface area contributed by atoms with Gasteiger partial charge in [-0.05, 0) is 20.8 Å². The van der Waals surface area contributed by atoms with Crippen LogP contribution in [-0.4, -0.2) is 23.9 Å². The van der Waals surface area contributed by atoms with Crippen LogP contribution in [0.25, 0.3) is 0 Å². The lowest BCUT2D eigenvalue weighted by molar-refractivity contribution is 0.555. The van der Waals surface area contributed by atoms with Gasteiger partial charge in [0.2, 0.25) is 0 Å². The van der Waals surface area contributed by atoms with Crippen molar-refractivity contribution >= 4 is 0 Å². The average molecular weight is 235 g/mol. The Morgan fingerprint density at radius 3 is 2.47 bits per heavy atom.